The van der Waals surface area contributed by atoms with Crippen molar-refractivity contribution in [2.75, 3.05) is 0 Å². The SMILES string of the molecule is CC(CCC(OC(=O)C1CCCC(C)C1C(=O)O)C1CCCCC1)CC(C)(C)C. The van der Waals surface area contributed by atoms with Crippen molar-refractivity contribution in [1.29, 1.82) is 0 Å². The number of ether oxygens (including phenoxy) is 1. The quantitative estimate of drug-likeness (QED) is 0.468. The van der Waals surface area contributed by atoms with E-state index < -0.39 is 17.8 Å². The Morgan fingerprint density at radius 1 is 1.00 bits per heavy atom. The van der Waals surface area contributed by atoms with Crippen LogP contribution in [0.3, 0.4) is 0 Å². The molecule has 0 aromatic heterocycles. The highest BCUT2D eigenvalue weighted by molar-refractivity contribution is 5.81. The number of esters is 1. The fourth-order valence-electron chi connectivity index (χ4n) is 5.83. The molecule has 0 amide bonds. The van der Waals surface area contributed by atoms with Crippen LogP contribution in [0.5, 0.6) is 0 Å². The third-order valence-electron chi connectivity index (χ3n) is 7.16. The van der Waals surface area contributed by atoms with E-state index in [1.165, 1.54) is 25.7 Å². The Hall–Kier alpha value is -1.06. The van der Waals surface area contributed by atoms with E-state index in [2.05, 4.69) is 27.7 Å². The molecule has 0 bridgehead atoms. The molecule has 2 aliphatic carbocycles. The van der Waals surface area contributed by atoms with E-state index in [1.807, 2.05) is 6.92 Å². The first kappa shape index (κ1) is 24.2. The summed E-state index contributed by atoms with van der Waals surface area (Å²) in [6.07, 6.45) is 11.5. The molecule has 2 saturated carbocycles. The summed E-state index contributed by atoms with van der Waals surface area (Å²) < 4.78 is 6.14. The van der Waals surface area contributed by atoms with Gasteiger partial charge >= 0.3 is 11.9 Å². The highest BCUT2D eigenvalue weighted by Gasteiger charge is 2.42. The van der Waals surface area contributed by atoms with Gasteiger partial charge in [-0.05, 0) is 68.1 Å². The minimum absolute atomic E-state index is 0.0405. The zero-order valence-electron chi connectivity index (χ0n) is 19.4. The van der Waals surface area contributed by atoms with Gasteiger partial charge in [0.25, 0.3) is 0 Å². The molecule has 0 heterocycles. The second-order valence-corrected chi connectivity index (χ2v) is 11.2. The lowest BCUT2D eigenvalue weighted by Gasteiger charge is -2.36. The molecule has 0 aromatic carbocycles. The maximum Gasteiger partial charge on any atom is 0.310 e. The van der Waals surface area contributed by atoms with Gasteiger partial charge in [0, 0.05) is 0 Å². The molecule has 0 saturated heterocycles. The van der Waals surface area contributed by atoms with Crippen LogP contribution in [0, 0.1) is 35.0 Å². The molecule has 29 heavy (non-hydrogen) atoms. The van der Waals surface area contributed by atoms with Crippen LogP contribution in [0.25, 0.3) is 0 Å². The van der Waals surface area contributed by atoms with Crippen molar-refractivity contribution in [3.63, 3.8) is 0 Å². The molecule has 5 unspecified atom stereocenters. The number of aliphatic carboxylic acids is 1. The summed E-state index contributed by atoms with van der Waals surface area (Å²) in [7, 11) is 0. The van der Waals surface area contributed by atoms with Crippen molar-refractivity contribution in [2.45, 2.75) is 111 Å². The van der Waals surface area contributed by atoms with E-state index in [4.69, 9.17) is 4.74 Å². The summed E-state index contributed by atoms with van der Waals surface area (Å²) in [5.74, 6) is -1.08. The summed E-state index contributed by atoms with van der Waals surface area (Å²) in [6, 6.07) is 0. The van der Waals surface area contributed by atoms with Crippen LogP contribution in [0.1, 0.15) is 105 Å². The summed E-state index contributed by atoms with van der Waals surface area (Å²) in [4.78, 5) is 24.9. The molecule has 168 valence electrons. The van der Waals surface area contributed by atoms with Crippen molar-refractivity contribution in [2.24, 2.45) is 35.0 Å². The van der Waals surface area contributed by atoms with Crippen LogP contribution in [0.4, 0.5) is 0 Å². The highest BCUT2D eigenvalue weighted by atomic mass is 16.5. The molecule has 4 nitrogen and oxygen atoms in total. The van der Waals surface area contributed by atoms with Gasteiger partial charge in [-0.1, -0.05) is 60.3 Å². The lowest BCUT2D eigenvalue weighted by molar-refractivity contribution is -0.168. The Labute approximate surface area is 178 Å². The van der Waals surface area contributed by atoms with Crippen LogP contribution < -0.4 is 0 Å². The Morgan fingerprint density at radius 2 is 1.66 bits per heavy atom. The van der Waals surface area contributed by atoms with Gasteiger partial charge in [-0.3, -0.25) is 9.59 Å². The number of hydrogen-bond donors (Lipinski definition) is 1. The van der Waals surface area contributed by atoms with Gasteiger partial charge in [0.1, 0.15) is 6.10 Å². The van der Waals surface area contributed by atoms with Crippen molar-refractivity contribution in [1.82, 2.24) is 0 Å². The normalized spacial score (nSPS) is 28.5. The van der Waals surface area contributed by atoms with Gasteiger partial charge in [-0.2, -0.15) is 0 Å². The van der Waals surface area contributed by atoms with Gasteiger partial charge < -0.3 is 9.84 Å². The lowest BCUT2D eigenvalue weighted by Crippen LogP contribution is -2.41. The second kappa shape index (κ2) is 10.8. The minimum atomic E-state index is -0.841. The van der Waals surface area contributed by atoms with E-state index in [-0.39, 0.29) is 18.0 Å². The smallest absolute Gasteiger partial charge is 0.310 e. The first-order valence-corrected chi connectivity index (χ1v) is 12.0. The fraction of sp³-hybridized carbons (Fsp3) is 0.920. The molecule has 2 aliphatic rings. The third-order valence-corrected chi connectivity index (χ3v) is 7.16. The number of hydrogen-bond acceptors (Lipinski definition) is 3. The number of carboxylic acids is 1. The molecule has 1 N–H and O–H groups in total. The van der Waals surface area contributed by atoms with Crippen LogP contribution in [-0.2, 0) is 14.3 Å². The van der Waals surface area contributed by atoms with E-state index in [9.17, 15) is 14.7 Å². The topological polar surface area (TPSA) is 63.6 Å². The largest absolute Gasteiger partial charge is 0.481 e. The third kappa shape index (κ3) is 7.61. The molecule has 2 fully saturated rings. The zero-order chi connectivity index (χ0) is 21.6. The van der Waals surface area contributed by atoms with Gasteiger partial charge in [0.05, 0.1) is 11.8 Å². The lowest BCUT2D eigenvalue weighted by atomic mass is 9.72. The van der Waals surface area contributed by atoms with E-state index in [1.54, 1.807) is 0 Å². The van der Waals surface area contributed by atoms with E-state index >= 15 is 0 Å². The van der Waals surface area contributed by atoms with Crippen LogP contribution in [0.15, 0.2) is 0 Å². The Morgan fingerprint density at radius 3 is 2.24 bits per heavy atom. The van der Waals surface area contributed by atoms with Crippen molar-refractivity contribution < 1.29 is 19.4 Å². The average molecular weight is 409 g/mol. The molecule has 0 radical (unpaired) electrons. The van der Waals surface area contributed by atoms with Crippen LogP contribution in [-0.4, -0.2) is 23.1 Å². The average Bonchev–Trinajstić information content (AvgIpc) is 2.63. The number of carbonyl (C=O) groups excluding carboxylic acids is 1. The van der Waals surface area contributed by atoms with Crippen LogP contribution in [0.2, 0.25) is 0 Å². The Bertz CT molecular complexity index is 529. The highest BCUT2D eigenvalue weighted by Crippen LogP contribution is 2.38. The number of carboxylic acid groups (broad SMARTS) is 1. The molecule has 0 aromatic rings. The number of carbonyl (C=O) groups is 2. The molecule has 2 rings (SSSR count). The van der Waals surface area contributed by atoms with E-state index in [0.717, 1.165) is 38.5 Å². The zero-order valence-corrected chi connectivity index (χ0v) is 19.4. The minimum Gasteiger partial charge on any atom is -0.481 e. The molecular weight excluding hydrogens is 364 g/mol. The Balaban J connectivity index is 2.03. The Kier molecular flexibility index (Phi) is 9.03. The van der Waals surface area contributed by atoms with Crippen molar-refractivity contribution in [3.8, 4) is 0 Å². The summed E-state index contributed by atoms with van der Waals surface area (Å²) in [5, 5.41) is 9.69. The first-order valence-electron chi connectivity index (χ1n) is 12.0. The molecule has 5 atom stereocenters. The maximum absolute atomic E-state index is 13.1. The predicted molar refractivity (Wildman–Crippen MR) is 117 cm³/mol. The molecule has 0 aliphatic heterocycles. The van der Waals surface area contributed by atoms with Crippen molar-refractivity contribution in [3.05, 3.63) is 0 Å². The molecular formula is C25H44O4. The van der Waals surface area contributed by atoms with Crippen LogP contribution >= 0.6 is 0 Å². The predicted octanol–water partition coefficient (Wildman–Crippen LogP) is 6.47. The van der Waals surface area contributed by atoms with Crippen molar-refractivity contribution >= 4 is 11.9 Å². The molecule has 4 heteroatoms. The van der Waals surface area contributed by atoms with Gasteiger partial charge in [0.2, 0.25) is 0 Å². The van der Waals surface area contributed by atoms with E-state index in [0.29, 0.717) is 23.7 Å². The number of rotatable bonds is 8. The van der Waals surface area contributed by atoms with Gasteiger partial charge in [0.15, 0.2) is 0 Å². The van der Waals surface area contributed by atoms with Gasteiger partial charge in [-0.25, -0.2) is 0 Å². The molecule has 0 spiro atoms. The summed E-state index contributed by atoms with van der Waals surface area (Å²) in [6.45, 7) is 11.1. The summed E-state index contributed by atoms with van der Waals surface area (Å²) >= 11 is 0. The fourth-order valence-corrected chi connectivity index (χ4v) is 5.83. The van der Waals surface area contributed by atoms with Gasteiger partial charge in [-0.15, -0.1) is 0 Å². The first-order chi connectivity index (χ1) is 13.6. The standard InChI is InChI=1S/C25H44O4/c1-17(16-25(3,4)5)14-15-21(19-11-7-6-8-12-19)29-24(28)20-13-9-10-18(2)22(20)23(26)27/h17-22H,6-16H2,1-5H3,(H,26,27). The summed E-state index contributed by atoms with van der Waals surface area (Å²) in [5.41, 5.74) is 0.309. The monoisotopic (exact) mass is 408 g/mol. The second-order valence-electron chi connectivity index (χ2n) is 11.2. The maximum atomic E-state index is 13.1.